The van der Waals surface area contributed by atoms with Crippen molar-refractivity contribution >= 4 is 22.8 Å². The third-order valence-electron chi connectivity index (χ3n) is 3.31. The summed E-state index contributed by atoms with van der Waals surface area (Å²) in [5, 5.41) is 4.09. The van der Waals surface area contributed by atoms with Gasteiger partial charge >= 0.3 is 0 Å². The summed E-state index contributed by atoms with van der Waals surface area (Å²) in [5.41, 5.74) is 3.80. The number of aryl methyl sites for hydroxylation is 3. The Morgan fingerprint density at radius 3 is 2.45 bits per heavy atom. The van der Waals surface area contributed by atoms with Gasteiger partial charge in [-0.2, -0.15) is 4.98 Å². The minimum atomic E-state index is 0.419. The molecule has 0 saturated carbocycles. The summed E-state index contributed by atoms with van der Waals surface area (Å²) in [6.07, 6.45) is 0. The van der Waals surface area contributed by atoms with Crippen molar-refractivity contribution in [2.45, 2.75) is 20.8 Å². The van der Waals surface area contributed by atoms with Crippen LogP contribution in [0.15, 0.2) is 24.3 Å². The predicted molar refractivity (Wildman–Crippen MR) is 85.6 cm³/mol. The average Bonchev–Trinajstić information content (AvgIpc) is 2.47. The molecule has 0 fully saturated rings. The first-order valence-electron chi connectivity index (χ1n) is 6.97. The normalized spacial score (nSPS) is 10.7. The molecule has 0 spiro atoms. The van der Waals surface area contributed by atoms with Crippen LogP contribution in [0.25, 0.3) is 10.9 Å². The molecule has 0 aliphatic carbocycles. The number of hydrogen-bond donors (Lipinski definition) is 1. The molecule has 0 aliphatic rings. The lowest BCUT2D eigenvalue weighted by atomic mass is 10.1. The van der Waals surface area contributed by atoms with Gasteiger partial charge < -0.3 is 4.74 Å². The van der Waals surface area contributed by atoms with E-state index in [1.54, 1.807) is 13.2 Å². The molecule has 0 aliphatic heterocycles. The third-order valence-corrected chi connectivity index (χ3v) is 3.31. The molecule has 112 valence electrons. The van der Waals surface area contributed by atoms with Crippen LogP contribution < -0.4 is 10.1 Å². The van der Waals surface area contributed by atoms with Gasteiger partial charge in [0.05, 0.1) is 18.3 Å². The zero-order valence-electron chi connectivity index (χ0n) is 13.0. The van der Waals surface area contributed by atoms with Gasteiger partial charge in [-0.1, -0.05) is 11.6 Å². The van der Waals surface area contributed by atoms with Crippen molar-refractivity contribution in [2.24, 2.45) is 0 Å². The summed E-state index contributed by atoms with van der Waals surface area (Å²) in [4.78, 5) is 17.6. The molecular formula is C16H17N5O. The summed E-state index contributed by atoms with van der Waals surface area (Å²) in [7, 11) is 1.57. The molecule has 0 radical (unpaired) electrons. The topological polar surface area (TPSA) is 72.8 Å². The van der Waals surface area contributed by atoms with E-state index in [4.69, 9.17) is 4.74 Å². The van der Waals surface area contributed by atoms with Crippen molar-refractivity contribution in [3.05, 3.63) is 41.2 Å². The number of methoxy groups -OCH3 is 1. The van der Waals surface area contributed by atoms with Gasteiger partial charge in [0, 0.05) is 17.1 Å². The Morgan fingerprint density at radius 2 is 1.68 bits per heavy atom. The van der Waals surface area contributed by atoms with E-state index in [9.17, 15) is 0 Å². The van der Waals surface area contributed by atoms with Crippen LogP contribution in [-0.2, 0) is 0 Å². The fraction of sp³-hybridized carbons (Fsp3) is 0.250. The van der Waals surface area contributed by atoms with Crippen molar-refractivity contribution in [2.75, 3.05) is 12.4 Å². The lowest BCUT2D eigenvalue weighted by Gasteiger charge is -2.09. The highest BCUT2D eigenvalue weighted by Crippen LogP contribution is 2.20. The minimum Gasteiger partial charge on any atom is -0.481 e. The molecule has 0 unspecified atom stereocenters. The second-order valence-electron chi connectivity index (χ2n) is 5.15. The Balaban J connectivity index is 2.00. The van der Waals surface area contributed by atoms with Crippen LogP contribution in [0.4, 0.5) is 11.9 Å². The summed E-state index contributed by atoms with van der Waals surface area (Å²) in [6, 6.07) is 7.87. The van der Waals surface area contributed by atoms with Gasteiger partial charge in [-0.25, -0.2) is 15.0 Å². The molecule has 0 saturated heterocycles. The van der Waals surface area contributed by atoms with Crippen molar-refractivity contribution in [3.63, 3.8) is 0 Å². The monoisotopic (exact) mass is 295 g/mol. The van der Waals surface area contributed by atoms with Crippen molar-refractivity contribution < 1.29 is 4.74 Å². The lowest BCUT2D eigenvalue weighted by molar-refractivity contribution is 0.397. The number of nitrogens with zero attached hydrogens (tertiary/aromatic N) is 4. The van der Waals surface area contributed by atoms with Crippen molar-refractivity contribution in [1.29, 1.82) is 0 Å². The molecule has 2 heterocycles. The Labute approximate surface area is 128 Å². The van der Waals surface area contributed by atoms with Crippen LogP contribution in [0.5, 0.6) is 5.88 Å². The standard InChI is InChI=1S/C16H17N5O/c1-9-5-6-13-12(7-9)11(3)18-16(19-13)21-15-17-10(2)8-14(20-15)22-4/h5-8H,1-4H3,(H,17,18,19,20,21). The Bertz CT molecular complexity index is 847. The molecule has 6 heteroatoms. The van der Waals surface area contributed by atoms with Gasteiger partial charge in [-0.3, -0.25) is 5.32 Å². The smallest absolute Gasteiger partial charge is 0.233 e. The predicted octanol–water partition coefficient (Wildman–Crippen LogP) is 3.10. The minimum absolute atomic E-state index is 0.419. The second-order valence-corrected chi connectivity index (χ2v) is 5.15. The van der Waals surface area contributed by atoms with Crippen LogP contribution in [0, 0.1) is 20.8 Å². The highest BCUT2D eigenvalue weighted by atomic mass is 16.5. The van der Waals surface area contributed by atoms with E-state index >= 15 is 0 Å². The molecule has 0 bridgehead atoms. The molecule has 22 heavy (non-hydrogen) atoms. The van der Waals surface area contributed by atoms with Crippen LogP contribution in [0.2, 0.25) is 0 Å². The summed E-state index contributed by atoms with van der Waals surface area (Å²) < 4.78 is 5.15. The number of ether oxygens (including phenoxy) is 1. The van der Waals surface area contributed by atoms with Gasteiger partial charge in [0.2, 0.25) is 17.8 Å². The van der Waals surface area contributed by atoms with Gasteiger partial charge in [0.1, 0.15) is 0 Å². The first-order valence-corrected chi connectivity index (χ1v) is 6.97. The molecule has 3 rings (SSSR count). The van der Waals surface area contributed by atoms with Gasteiger partial charge in [0.25, 0.3) is 0 Å². The van der Waals surface area contributed by atoms with Crippen molar-refractivity contribution in [3.8, 4) is 5.88 Å². The fourth-order valence-electron chi connectivity index (χ4n) is 2.25. The average molecular weight is 295 g/mol. The molecule has 1 N–H and O–H groups in total. The maximum absolute atomic E-state index is 5.15. The molecule has 1 aromatic carbocycles. The highest BCUT2D eigenvalue weighted by Gasteiger charge is 2.08. The summed E-state index contributed by atoms with van der Waals surface area (Å²) in [6.45, 7) is 5.90. The Morgan fingerprint density at radius 1 is 0.909 bits per heavy atom. The second kappa shape index (κ2) is 5.55. The van der Waals surface area contributed by atoms with E-state index in [1.165, 1.54) is 5.56 Å². The highest BCUT2D eigenvalue weighted by molar-refractivity contribution is 5.82. The van der Waals surface area contributed by atoms with Gasteiger partial charge in [0.15, 0.2) is 0 Å². The summed E-state index contributed by atoms with van der Waals surface area (Å²) >= 11 is 0. The number of anilines is 2. The zero-order valence-corrected chi connectivity index (χ0v) is 13.0. The van der Waals surface area contributed by atoms with Crippen LogP contribution in [0.1, 0.15) is 17.0 Å². The van der Waals surface area contributed by atoms with E-state index in [1.807, 2.05) is 26.0 Å². The summed E-state index contributed by atoms with van der Waals surface area (Å²) in [5.74, 6) is 1.40. The molecule has 0 atom stereocenters. The van der Waals surface area contributed by atoms with Gasteiger partial charge in [-0.15, -0.1) is 0 Å². The maximum Gasteiger partial charge on any atom is 0.233 e. The van der Waals surface area contributed by atoms with Crippen LogP contribution >= 0.6 is 0 Å². The van der Waals surface area contributed by atoms with Crippen LogP contribution in [-0.4, -0.2) is 27.0 Å². The largest absolute Gasteiger partial charge is 0.481 e. The van der Waals surface area contributed by atoms with E-state index in [-0.39, 0.29) is 0 Å². The molecule has 0 amide bonds. The maximum atomic E-state index is 5.15. The van der Waals surface area contributed by atoms with E-state index in [0.717, 1.165) is 22.3 Å². The first kappa shape index (κ1) is 14.2. The fourth-order valence-corrected chi connectivity index (χ4v) is 2.25. The van der Waals surface area contributed by atoms with Crippen LogP contribution in [0.3, 0.4) is 0 Å². The number of hydrogen-bond acceptors (Lipinski definition) is 6. The van der Waals surface area contributed by atoms with Gasteiger partial charge in [-0.05, 0) is 32.9 Å². The number of fused-ring (bicyclic) bond motifs is 1. The Hall–Kier alpha value is -2.76. The van der Waals surface area contributed by atoms with E-state index in [0.29, 0.717) is 17.8 Å². The van der Waals surface area contributed by atoms with E-state index in [2.05, 4.69) is 38.2 Å². The molecule has 2 aromatic heterocycles. The quantitative estimate of drug-likeness (QED) is 0.800. The molecule has 3 aromatic rings. The van der Waals surface area contributed by atoms with E-state index < -0.39 is 0 Å². The SMILES string of the molecule is COc1cc(C)nc(Nc2nc(C)c3cc(C)ccc3n2)n1. The van der Waals surface area contributed by atoms with Crippen molar-refractivity contribution in [1.82, 2.24) is 19.9 Å². The Kier molecular flexibility index (Phi) is 3.58. The number of aromatic nitrogens is 4. The zero-order chi connectivity index (χ0) is 15.7. The number of nitrogens with one attached hydrogen (secondary N) is 1. The molecular weight excluding hydrogens is 278 g/mol. The number of rotatable bonds is 3. The molecule has 6 nitrogen and oxygen atoms in total. The number of benzene rings is 1. The first-order chi connectivity index (χ1) is 10.5. The third kappa shape index (κ3) is 2.81. The lowest BCUT2D eigenvalue weighted by Crippen LogP contribution is -2.04.